The molecule has 5 nitrogen and oxygen atoms in total. The second-order valence-corrected chi connectivity index (χ2v) is 6.57. The van der Waals surface area contributed by atoms with Gasteiger partial charge in [-0.15, -0.1) is 0 Å². The fourth-order valence-corrected chi connectivity index (χ4v) is 3.17. The van der Waals surface area contributed by atoms with Gasteiger partial charge in [-0.05, 0) is 60.5 Å². The molecule has 144 valence electrons. The first kappa shape index (κ1) is 18.6. The van der Waals surface area contributed by atoms with Crippen molar-refractivity contribution in [3.63, 3.8) is 0 Å². The van der Waals surface area contributed by atoms with Crippen LogP contribution in [0.2, 0.25) is 0 Å². The monoisotopic (exact) mass is 382 g/mol. The van der Waals surface area contributed by atoms with E-state index in [1.807, 2.05) is 54.9 Å². The summed E-state index contributed by atoms with van der Waals surface area (Å²) in [5.41, 5.74) is 5.81. The first-order chi connectivity index (χ1) is 14.3. The van der Waals surface area contributed by atoms with Crippen molar-refractivity contribution < 1.29 is 4.74 Å². The minimum absolute atomic E-state index is 0.792. The second kappa shape index (κ2) is 8.52. The summed E-state index contributed by atoms with van der Waals surface area (Å²) in [7, 11) is 1.67. The highest BCUT2D eigenvalue weighted by Gasteiger charge is 2.09. The van der Waals surface area contributed by atoms with Crippen LogP contribution in [0.15, 0.2) is 79.3 Å². The van der Waals surface area contributed by atoms with Crippen LogP contribution >= 0.6 is 0 Å². The van der Waals surface area contributed by atoms with Gasteiger partial charge in [-0.3, -0.25) is 9.97 Å². The molecule has 0 fully saturated rings. The summed E-state index contributed by atoms with van der Waals surface area (Å²) in [5.74, 6) is 1.64. The molecule has 1 N–H and O–H groups in total. The molecule has 0 aliphatic heterocycles. The second-order valence-electron chi connectivity index (χ2n) is 6.57. The van der Waals surface area contributed by atoms with Gasteiger partial charge in [0.1, 0.15) is 11.6 Å². The molecule has 0 amide bonds. The van der Waals surface area contributed by atoms with Crippen molar-refractivity contribution in [2.45, 2.75) is 6.92 Å². The normalized spacial score (nSPS) is 10.6. The number of methoxy groups -OCH3 is 1. The first-order valence-corrected chi connectivity index (χ1v) is 9.54. The number of aromatic nitrogens is 3. The summed E-state index contributed by atoms with van der Waals surface area (Å²) in [6.07, 6.45) is 5.52. The van der Waals surface area contributed by atoms with E-state index < -0.39 is 0 Å². The van der Waals surface area contributed by atoms with Gasteiger partial charge in [-0.25, -0.2) is 4.98 Å². The third-order valence-corrected chi connectivity index (χ3v) is 4.59. The highest BCUT2D eigenvalue weighted by Crippen LogP contribution is 2.30. The van der Waals surface area contributed by atoms with Gasteiger partial charge in [0, 0.05) is 36.3 Å². The molecule has 0 radical (unpaired) electrons. The first-order valence-electron chi connectivity index (χ1n) is 9.54. The van der Waals surface area contributed by atoms with Crippen LogP contribution in [-0.4, -0.2) is 28.6 Å². The lowest BCUT2D eigenvalue weighted by molar-refractivity contribution is 0.415. The van der Waals surface area contributed by atoms with Gasteiger partial charge in [0.05, 0.1) is 18.5 Å². The van der Waals surface area contributed by atoms with Gasteiger partial charge >= 0.3 is 0 Å². The summed E-state index contributed by atoms with van der Waals surface area (Å²) in [6.45, 7) is 2.85. The van der Waals surface area contributed by atoms with Gasteiger partial charge in [0.15, 0.2) is 0 Å². The molecule has 0 unspecified atom stereocenters. The van der Waals surface area contributed by atoms with Crippen LogP contribution in [0.25, 0.3) is 33.6 Å². The van der Waals surface area contributed by atoms with E-state index in [2.05, 4.69) is 40.4 Å². The number of ether oxygens (including phenoxy) is 1. The Hall–Kier alpha value is -3.73. The number of hydrogen-bond donors (Lipinski definition) is 1. The number of anilines is 1. The highest BCUT2D eigenvalue weighted by atomic mass is 16.5. The number of pyridine rings is 3. The zero-order valence-corrected chi connectivity index (χ0v) is 16.5. The van der Waals surface area contributed by atoms with Gasteiger partial charge in [0.25, 0.3) is 0 Å². The topological polar surface area (TPSA) is 59.9 Å². The molecule has 0 aliphatic carbocycles. The van der Waals surface area contributed by atoms with Crippen molar-refractivity contribution in [1.82, 2.24) is 15.0 Å². The predicted octanol–water partition coefficient (Wildman–Crippen LogP) is 5.31. The SMILES string of the molecule is CCNc1cc(-c2cncc(-c3cccc(OC)c3)c2)cc(-c2ccccn2)n1. The number of hydrogen-bond acceptors (Lipinski definition) is 5. The van der Waals surface area contributed by atoms with Gasteiger partial charge < -0.3 is 10.1 Å². The zero-order valence-electron chi connectivity index (χ0n) is 16.5. The molecule has 5 heteroatoms. The molecule has 4 aromatic rings. The Labute approximate surface area is 170 Å². The van der Waals surface area contributed by atoms with Crippen molar-refractivity contribution in [3.05, 3.63) is 79.3 Å². The maximum atomic E-state index is 5.35. The van der Waals surface area contributed by atoms with Gasteiger partial charge in [-0.2, -0.15) is 0 Å². The Kier molecular flexibility index (Phi) is 5.47. The van der Waals surface area contributed by atoms with E-state index in [9.17, 15) is 0 Å². The number of nitrogens with zero attached hydrogens (tertiary/aromatic N) is 3. The van der Waals surface area contributed by atoms with Gasteiger partial charge in [-0.1, -0.05) is 18.2 Å². The van der Waals surface area contributed by atoms with Crippen LogP contribution in [0.3, 0.4) is 0 Å². The third kappa shape index (κ3) is 4.24. The molecular formula is C24H22N4O. The minimum atomic E-state index is 0.792. The largest absolute Gasteiger partial charge is 0.497 e. The quantitative estimate of drug-likeness (QED) is 0.489. The maximum absolute atomic E-state index is 5.35. The zero-order chi connectivity index (χ0) is 20.1. The van der Waals surface area contributed by atoms with Crippen molar-refractivity contribution >= 4 is 5.82 Å². The summed E-state index contributed by atoms with van der Waals surface area (Å²) < 4.78 is 5.35. The smallest absolute Gasteiger partial charge is 0.127 e. The van der Waals surface area contributed by atoms with Crippen molar-refractivity contribution in [3.8, 4) is 39.4 Å². The molecule has 0 bridgehead atoms. The predicted molar refractivity (Wildman–Crippen MR) is 117 cm³/mol. The van der Waals surface area contributed by atoms with Crippen LogP contribution in [0.5, 0.6) is 5.75 Å². The lowest BCUT2D eigenvalue weighted by atomic mass is 10.0. The summed E-state index contributed by atoms with van der Waals surface area (Å²) >= 11 is 0. The molecule has 0 saturated heterocycles. The number of nitrogens with one attached hydrogen (secondary N) is 1. The average molecular weight is 382 g/mol. The van der Waals surface area contributed by atoms with Gasteiger partial charge in [0.2, 0.25) is 0 Å². The fourth-order valence-electron chi connectivity index (χ4n) is 3.17. The van der Waals surface area contributed by atoms with Crippen LogP contribution in [0.4, 0.5) is 5.82 Å². The highest BCUT2D eigenvalue weighted by molar-refractivity contribution is 5.76. The maximum Gasteiger partial charge on any atom is 0.127 e. The van der Waals surface area contributed by atoms with E-state index in [1.54, 1.807) is 13.3 Å². The molecule has 0 aliphatic rings. The molecule has 4 rings (SSSR count). The van der Waals surface area contributed by atoms with Crippen LogP contribution < -0.4 is 10.1 Å². The van der Waals surface area contributed by atoms with Crippen LogP contribution in [0.1, 0.15) is 6.92 Å². The fraction of sp³-hybridized carbons (Fsp3) is 0.125. The van der Waals surface area contributed by atoms with E-state index in [-0.39, 0.29) is 0 Å². The van der Waals surface area contributed by atoms with Crippen molar-refractivity contribution in [2.75, 3.05) is 19.0 Å². The van der Waals surface area contributed by atoms with E-state index in [0.717, 1.165) is 51.8 Å². The summed E-state index contributed by atoms with van der Waals surface area (Å²) in [4.78, 5) is 13.6. The molecule has 1 aromatic carbocycles. The average Bonchev–Trinajstić information content (AvgIpc) is 2.80. The minimum Gasteiger partial charge on any atom is -0.497 e. The molecule has 29 heavy (non-hydrogen) atoms. The van der Waals surface area contributed by atoms with E-state index >= 15 is 0 Å². The summed E-state index contributed by atoms with van der Waals surface area (Å²) in [6, 6.07) is 20.0. The Balaban J connectivity index is 1.79. The standard InChI is InChI=1S/C24H22N4O/c1-3-26-24-14-18(13-23(28-24)22-9-4-5-10-27-22)20-11-19(15-25-16-20)17-7-6-8-21(12-17)29-2/h4-16H,3H2,1-2H3,(H,26,28). The number of benzene rings is 1. The molecule has 0 spiro atoms. The van der Waals surface area contributed by atoms with Crippen LogP contribution in [-0.2, 0) is 0 Å². The van der Waals surface area contributed by atoms with E-state index in [4.69, 9.17) is 9.72 Å². The molecule has 0 atom stereocenters. The van der Waals surface area contributed by atoms with Crippen molar-refractivity contribution in [2.24, 2.45) is 0 Å². The Morgan fingerprint density at radius 2 is 1.69 bits per heavy atom. The molecule has 3 aromatic heterocycles. The Morgan fingerprint density at radius 3 is 2.45 bits per heavy atom. The third-order valence-electron chi connectivity index (χ3n) is 4.59. The summed E-state index contributed by atoms with van der Waals surface area (Å²) in [5, 5.41) is 3.31. The molecule has 3 heterocycles. The number of rotatable bonds is 6. The van der Waals surface area contributed by atoms with Crippen molar-refractivity contribution in [1.29, 1.82) is 0 Å². The molecule has 0 saturated carbocycles. The molecular weight excluding hydrogens is 360 g/mol. The lowest BCUT2D eigenvalue weighted by Gasteiger charge is -2.11. The Morgan fingerprint density at radius 1 is 0.828 bits per heavy atom. The lowest BCUT2D eigenvalue weighted by Crippen LogP contribution is -2.01. The Bertz CT molecular complexity index is 1110. The van der Waals surface area contributed by atoms with E-state index in [0.29, 0.717) is 0 Å². The van der Waals surface area contributed by atoms with E-state index in [1.165, 1.54) is 0 Å². The van der Waals surface area contributed by atoms with Crippen LogP contribution in [0, 0.1) is 0 Å².